The van der Waals surface area contributed by atoms with Gasteiger partial charge < -0.3 is 9.30 Å². The van der Waals surface area contributed by atoms with Gasteiger partial charge in [0.1, 0.15) is 0 Å². The second-order valence-corrected chi connectivity index (χ2v) is 6.44. The fourth-order valence-corrected chi connectivity index (χ4v) is 2.75. The van der Waals surface area contributed by atoms with Gasteiger partial charge in [-0.25, -0.2) is 9.97 Å². The Morgan fingerprint density at radius 3 is 2.85 bits per heavy atom. The van der Waals surface area contributed by atoms with E-state index in [1.807, 2.05) is 42.0 Å². The summed E-state index contributed by atoms with van der Waals surface area (Å²) < 4.78 is 7.37. The molecule has 0 aliphatic heterocycles. The quantitative estimate of drug-likeness (QED) is 0.558. The van der Waals surface area contributed by atoms with Crippen LogP contribution in [0.5, 0.6) is 5.88 Å². The molecule has 0 fully saturated rings. The third-order valence-electron chi connectivity index (χ3n) is 3.79. The summed E-state index contributed by atoms with van der Waals surface area (Å²) in [6.45, 7) is 3.31. The van der Waals surface area contributed by atoms with Crippen molar-refractivity contribution in [3.05, 3.63) is 77.0 Å². The van der Waals surface area contributed by atoms with E-state index in [9.17, 15) is 4.79 Å². The van der Waals surface area contributed by atoms with E-state index in [0.717, 1.165) is 17.7 Å². The first-order chi connectivity index (χ1) is 12.6. The van der Waals surface area contributed by atoms with Crippen LogP contribution in [0.3, 0.4) is 0 Å². The minimum Gasteiger partial charge on any atom is -0.478 e. The predicted molar refractivity (Wildman–Crippen MR) is 101 cm³/mol. The van der Waals surface area contributed by atoms with Crippen LogP contribution in [0.25, 0.3) is 0 Å². The highest BCUT2D eigenvalue weighted by molar-refractivity contribution is 6.30. The van der Waals surface area contributed by atoms with Gasteiger partial charge in [0.15, 0.2) is 5.78 Å². The van der Waals surface area contributed by atoms with Crippen molar-refractivity contribution >= 4 is 17.4 Å². The summed E-state index contributed by atoms with van der Waals surface area (Å²) >= 11 is 6.01. The molecule has 0 radical (unpaired) electrons. The van der Waals surface area contributed by atoms with Crippen LogP contribution in [-0.4, -0.2) is 26.9 Å². The van der Waals surface area contributed by atoms with E-state index in [1.165, 1.54) is 0 Å². The molecule has 0 atom stereocenters. The number of aromatic nitrogens is 3. The van der Waals surface area contributed by atoms with E-state index in [2.05, 4.69) is 9.97 Å². The molecule has 134 valence electrons. The number of ketones is 1. The normalized spacial score (nSPS) is 10.7. The van der Waals surface area contributed by atoms with Gasteiger partial charge in [-0.3, -0.25) is 4.79 Å². The molecule has 3 aromatic rings. The number of Topliss-reactive ketones (excluding diaryl/α,β-unsaturated/α-hetero) is 1. The second-order valence-electron chi connectivity index (χ2n) is 6.00. The average Bonchev–Trinajstić information content (AvgIpc) is 3.07. The Hall–Kier alpha value is -2.66. The summed E-state index contributed by atoms with van der Waals surface area (Å²) in [7, 11) is 0. The molecule has 1 aromatic carbocycles. The first kappa shape index (κ1) is 18.1. The van der Waals surface area contributed by atoms with E-state index >= 15 is 0 Å². The van der Waals surface area contributed by atoms with Crippen molar-refractivity contribution in [2.24, 2.45) is 0 Å². The smallest absolute Gasteiger partial charge is 0.213 e. The van der Waals surface area contributed by atoms with Crippen LogP contribution in [0, 0.1) is 0 Å². The highest BCUT2D eigenvalue weighted by Crippen LogP contribution is 2.13. The van der Waals surface area contributed by atoms with Gasteiger partial charge in [0.25, 0.3) is 0 Å². The van der Waals surface area contributed by atoms with E-state index in [0.29, 0.717) is 29.6 Å². The molecule has 2 aromatic heterocycles. The molecule has 5 nitrogen and oxygen atoms in total. The van der Waals surface area contributed by atoms with E-state index < -0.39 is 0 Å². The van der Waals surface area contributed by atoms with Crippen molar-refractivity contribution in [1.82, 2.24) is 14.5 Å². The number of pyridine rings is 1. The maximum atomic E-state index is 12.4. The molecule has 0 aliphatic carbocycles. The summed E-state index contributed by atoms with van der Waals surface area (Å²) in [5.74, 6) is 0.516. The Balaban J connectivity index is 1.60. The lowest BCUT2D eigenvalue weighted by Crippen LogP contribution is -2.05. The molecule has 26 heavy (non-hydrogen) atoms. The van der Waals surface area contributed by atoms with Gasteiger partial charge in [0.2, 0.25) is 5.88 Å². The lowest BCUT2D eigenvalue weighted by atomic mass is 10.1. The summed E-state index contributed by atoms with van der Waals surface area (Å²) in [5.41, 5.74) is 2.36. The molecule has 6 heteroatoms. The highest BCUT2D eigenvalue weighted by atomic mass is 35.5. The fraction of sp³-hybridized carbons (Fsp3) is 0.250. The summed E-state index contributed by atoms with van der Waals surface area (Å²) in [5, 5.41) is 0.705. The third kappa shape index (κ3) is 4.92. The number of nitrogens with zero attached hydrogens (tertiary/aromatic N) is 3. The van der Waals surface area contributed by atoms with Crippen molar-refractivity contribution in [2.75, 3.05) is 6.61 Å². The van der Waals surface area contributed by atoms with Gasteiger partial charge in [0.05, 0.1) is 25.0 Å². The average molecular weight is 370 g/mol. The Kier molecular flexibility index (Phi) is 6.02. The number of hydrogen-bond acceptors (Lipinski definition) is 4. The topological polar surface area (TPSA) is 57.0 Å². The molecule has 0 spiro atoms. The summed E-state index contributed by atoms with van der Waals surface area (Å²) in [4.78, 5) is 20.9. The van der Waals surface area contributed by atoms with Crippen LogP contribution in [0.2, 0.25) is 5.02 Å². The largest absolute Gasteiger partial charge is 0.478 e. The molecule has 0 N–H and O–H groups in total. The van der Waals surface area contributed by atoms with Gasteiger partial charge in [-0.15, -0.1) is 0 Å². The van der Waals surface area contributed by atoms with E-state index in [4.69, 9.17) is 16.3 Å². The minimum atomic E-state index is -0.0208. The number of hydrogen-bond donors (Lipinski definition) is 0. The monoisotopic (exact) mass is 369 g/mol. The zero-order chi connectivity index (χ0) is 18.4. The number of carbonyl (C=O) groups is 1. The second kappa shape index (κ2) is 8.63. The number of rotatable bonds is 8. The molecule has 0 aliphatic rings. The first-order valence-corrected chi connectivity index (χ1v) is 8.89. The number of halogens is 1. The van der Waals surface area contributed by atoms with E-state index in [-0.39, 0.29) is 12.2 Å². The SMILES string of the molecule is CCCOc1ccc(C(=O)Cc2cn(Cc3cccc(Cl)c3)cn2)cn1. The minimum absolute atomic E-state index is 0.0208. The van der Waals surface area contributed by atoms with Crippen molar-refractivity contribution in [3.63, 3.8) is 0 Å². The van der Waals surface area contributed by atoms with Crippen molar-refractivity contribution in [3.8, 4) is 5.88 Å². The molecular weight excluding hydrogens is 350 g/mol. The molecule has 0 unspecified atom stereocenters. The standard InChI is InChI=1S/C20H20ClN3O2/c1-2-8-26-20-7-6-16(11-22-20)19(25)10-18-13-24(14-23-18)12-15-4-3-5-17(21)9-15/h3-7,9,11,13-14H,2,8,10,12H2,1H3. The maximum Gasteiger partial charge on any atom is 0.213 e. The van der Waals surface area contributed by atoms with Crippen LogP contribution in [0.15, 0.2) is 55.1 Å². The van der Waals surface area contributed by atoms with Crippen LogP contribution < -0.4 is 4.74 Å². The van der Waals surface area contributed by atoms with Crippen LogP contribution in [0.1, 0.15) is 35.0 Å². The Morgan fingerprint density at radius 1 is 1.23 bits per heavy atom. The molecule has 0 bridgehead atoms. The predicted octanol–water partition coefficient (Wildman–Crippen LogP) is 4.19. The Morgan fingerprint density at radius 2 is 2.12 bits per heavy atom. The van der Waals surface area contributed by atoms with E-state index in [1.54, 1.807) is 24.7 Å². The molecular formula is C20H20ClN3O2. The summed E-state index contributed by atoms with van der Waals surface area (Å²) in [6.07, 6.45) is 6.31. The summed E-state index contributed by atoms with van der Waals surface area (Å²) in [6, 6.07) is 11.1. The van der Waals surface area contributed by atoms with Crippen molar-refractivity contribution in [1.29, 1.82) is 0 Å². The number of carbonyl (C=O) groups excluding carboxylic acids is 1. The van der Waals surface area contributed by atoms with Gasteiger partial charge >= 0.3 is 0 Å². The number of benzene rings is 1. The fourth-order valence-electron chi connectivity index (χ4n) is 2.53. The molecule has 2 heterocycles. The van der Waals surface area contributed by atoms with Gasteiger partial charge in [-0.1, -0.05) is 30.7 Å². The Bertz CT molecular complexity index is 875. The third-order valence-corrected chi connectivity index (χ3v) is 4.03. The van der Waals surface area contributed by atoms with Crippen molar-refractivity contribution < 1.29 is 9.53 Å². The van der Waals surface area contributed by atoms with Crippen LogP contribution in [-0.2, 0) is 13.0 Å². The molecule has 0 amide bonds. The van der Waals surface area contributed by atoms with Crippen molar-refractivity contribution in [2.45, 2.75) is 26.3 Å². The molecule has 0 saturated carbocycles. The van der Waals surface area contributed by atoms with Gasteiger partial charge in [-0.2, -0.15) is 0 Å². The number of imidazole rings is 1. The molecule has 3 rings (SSSR count). The zero-order valence-electron chi connectivity index (χ0n) is 14.6. The first-order valence-electron chi connectivity index (χ1n) is 8.51. The van der Waals surface area contributed by atoms with Crippen LogP contribution in [0.4, 0.5) is 0 Å². The highest BCUT2D eigenvalue weighted by Gasteiger charge is 2.10. The maximum absolute atomic E-state index is 12.4. The van der Waals surface area contributed by atoms with Gasteiger partial charge in [-0.05, 0) is 30.2 Å². The lowest BCUT2D eigenvalue weighted by Gasteiger charge is -2.04. The number of ether oxygens (including phenoxy) is 1. The van der Waals surface area contributed by atoms with Gasteiger partial charge in [0, 0.05) is 35.6 Å². The van der Waals surface area contributed by atoms with Crippen LogP contribution >= 0.6 is 11.6 Å². The zero-order valence-corrected chi connectivity index (χ0v) is 15.3. The Labute approximate surface area is 157 Å². The molecule has 0 saturated heterocycles. The lowest BCUT2D eigenvalue weighted by molar-refractivity contribution is 0.0991.